The lowest BCUT2D eigenvalue weighted by Gasteiger charge is -2.04. The fourth-order valence-corrected chi connectivity index (χ4v) is 2.75. The zero-order chi connectivity index (χ0) is 18.6. The Kier molecular flexibility index (Phi) is 4.42. The number of anilines is 1. The molecule has 0 aliphatic heterocycles. The van der Waals surface area contributed by atoms with Crippen LogP contribution < -0.4 is 10.5 Å². The molecule has 2 heterocycles. The summed E-state index contributed by atoms with van der Waals surface area (Å²) >= 11 is 0. The third-order valence-corrected chi connectivity index (χ3v) is 4.09. The molecule has 0 aliphatic carbocycles. The molecule has 0 spiro atoms. The molecular weight excluding hydrogens is 338 g/mol. The predicted molar refractivity (Wildman–Crippen MR) is 104 cm³/mol. The fraction of sp³-hybridized carbons (Fsp3) is 0.0952. The van der Waals surface area contributed by atoms with Gasteiger partial charge < -0.3 is 15.0 Å². The average molecular weight is 355 g/mol. The molecule has 0 fully saturated rings. The van der Waals surface area contributed by atoms with Crippen molar-refractivity contribution < 1.29 is 4.74 Å². The number of methoxy groups -OCH3 is 1. The maximum atomic E-state index is 5.91. The van der Waals surface area contributed by atoms with E-state index in [0.717, 1.165) is 16.9 Å². The van der Waals surface area contributed by atoms with Gasteiger partial charge in [-0.3, -0.25) is 0 Å². The van der Waals surface area contributed by atoms with Crippen molar-refractivity contribution in [2.45, 2.75) is 6.54 Å². The molecule has 0 bridgehead atoms. The van der Waals surface area contributed by atoms with Crippen LogP contribution in [0.15, 0.2) is 60.9 Å². The minimum absolute atomic E-state index is 0.177. The van der Waals surface area contributed by atoms with Gasteiger partial charge in [0.25, 0.3) is 0 Å². The van der Waals surface area contributed by atoms with Crippen LogP contribution in [-0.4, -0.2) is 26.6 Å². The highest BCUT2D eigenvalue weighted by Gasteiger charge is 2.11. The highest BCUT2D eigenvalue weighted by molar-refractivity contribution is 5.78. The van der Waals surface area contributed by atoms with Crippen molar-refractivity contribution in [3.8, 4) is 17.6 Å². The number of hydrogen-bond donors (Lipinski definition) is 1. The summed E-state index contributed by atoms with van der Waals surface area (Å²) in [5.74, 6) is 7.11. The van der Waals surface area contributed by atoms with Crippen LogP contribution >= 0.6 is 0 Å². The number of aromatic nitrogens is 4. The largest absolute Gasteiger partial charge is 0.497 e. The first-order valence-corrected chi connectivity index (χ1v) is 8.41. The van der Waals surface area contributed by atoms with Crippen molar-refractivity contribution in [2.75, 3.05) is 12.8 Å². The fourth-order valence-electron chi connectivity index (χ4n) is 2.75. The van der Waals surface area contributed by atoms with Gasteiger partial charge in [-0.05, 0) is 35.7 Å². The SMILES string of the molecule is COc1ccc(C#Cc2nc(N)nc3c2ncn3Cc2ccccc2)cc1. The van der Waals surface area contributed by atoms with Crippen molar-refractivity contribution in [1.82, 2.24) is 19.5 Å². The molecule has 0 saturated carbocycles. The molecule has 0 radical (unpaired) electrons. The van der Waals surface area contributed by atoms with E-state index in [-0.39, 0.29) is 5.95 Å². The van der Waals surface area contributed by atoms with Gasteiger partial charge in [-0.25, -0.2) is 9.97 Å². The molecule has 2 aromatic heterocycles. The maximum absolute atomic E-state index is 5.91. The van der Waals surface area contributed by atoms with Crippen molar-refractivity contribution in [1.29, 1.82) is 0 Å². The Morgan fingerprint density at radius 2 is 1.78 bits per heavy atom. The molecule has 6 heteroatoms. The molecule has 0 aliphatic rings. The first kappa shape index (κ1) is 16.6. The molecule has 0 atom stereocenters. The van der Waals surface area contributed by atoms with Crippen molar-refractivity contribution in [3.63, 3.8) is 0 Å². The first-order chi connectivity index (χ1) is 13.2. The normalized spacial score (nSPS) is 10.4. The molecule has 0 unspecified atom stereocenters. The smallest absolute Gasteiger partial charge is 0.223 e. The summed E-state index contributed by atoms with van der Waals surface area (Å²) in [5.41, 5.74) is 9.74. The minimum atomic E-state index is 0.177. The van der Waals surface area contributed by atoms with Crippen LogP contribution in [0.5, 0.6) is 5.75 Å². The highest BCUT2D eigenvalue weighted by Crippen LogP contribution is 2.17. The summed E-state index contributed by atoms with van der Waals surface area (Å²) < 4.78 is 7.10. The van der Waals surface area contributed by atoms with Gasteiger partial charge in [-0.1, -0.05) is 36.3 Å². The summed E-state index contributed by atoms with van der Waals surface area (Å²) in [5, 5.41) is 0. The maximum Gasteiger partial charge on any atom is 0.223 e. The second kappa shape index (κ2) is 7.18. The number of benzene rings is 2. The van der Waals surface area contributed by atoms with E-state index in [1.165, 1.54) is 0 Å². The summed E-state index contributed by atoms with van der Waals surface area (Å²) in [4.78, 5) is 13.1. The van der Waals surface area contributed by atoms with Crippen LogP contribution in [0.25, 0.3) is 11.2 Å². The van der Waals surface area contributed by atoms with Crippen LogP contribution in [0, 0.1) is 11.8 Å². The Morgan fingerprint density at radius 1 is 1.00 bits per heavy atom. The highest BCUT2D eigenvalue weighted by atomic mass is 16.5. The first-order valence-electron chi connectivity index (χ1n) is 8.41. The second-order valence-corrected chi connectivity index (χ2v) is 5.94. The number of ether oxygens (including phenoxy) is 1. The standard InChI is InChI=1S/C21H17N5O/c1-27-17-10-7-15(8-11-17)9-12-18-19-20(25-21(22)24-18)26(14-23-19)13-16-5-3-2-4-6-16/h2-8,10-11,14H,13H2,1H3,(H2,22,24,25). The summed E-state index contributed by atoms with van der Waals surface area (Å²) in [6.45, 7) is 0.652. The van der Waals surface area contributed by atoms with E-state index in [4.69, 9.17) is 10.5 Å². The number of nitrogens with zero attached hydrogens (tertiary/aromatic N) is 4. The molecule has 132 valence electrons. The van der Waals surface area contributed by atoms with Gasteiger partial charge in [-0.2, -0.15) is 4.98 Å². The third-order valence-electron chi connectivity index (χ3n) is 4.09. The van der Waals surface area contributed by atoms with E-state index in [2.05, 4.69) is 38.9 Å². The van der Waals surface area contributed by atoms with E-state index in [0.29, 0.717) is 23.4 Å². The number of rotatable bonds is 3. The molecule has 0 amide bonds. The molecule has 6 nitrogen and oxygen atoms in total. The average Bonchev–Trinajstić information content (AvgIpc) is 3.10. The van der Waals surface area contributed by atoms with E-state index >= 15 is 0 Å². The number of hydrogen-bond acceptors (Lipinski definition) is 5. The van der Waals surface area contributed by atoms with Crippen LogP contribution in [0.4, 0.5) is 5.95 Å². The lowest BCUT2D eigenvalue weighted by molar-refractivity contribution is 0.415. The third kappa shape index (κ3) is 3.58. The Bertz CT molecular complexity index is 1140. The molecule has 2 aromatic carbocycles. The summed E-state index contributed by atoms with van der Waals surface area (Å²) in [7, 11) is 1.63. The number of imidazole rings is 1. The number of nitrogen functional groups attached to an aromatic ring is 1. The van der Waals surface area contributed by atoms with Gasteiger partial charge in [0.15, 0.2) is 5.65 Å². The monoisotopic (exact) mass is 355 g/mol. The zero-order valence-corrected chi connectivity index (χ0v) is 14.8. The predicted octanol–water partition coefficient (Wildman–Crippen LogP) is 2.87. The minimum Gasteiger partial charge on any atom is -0.497 e. The molecule has 4 rings (SSSR count). The van der Waals surface area contributed by atoms with Crippen LogP contribution in [-0.2, 0) is 6.54 Å². The van der Waals surface area contributed by atoms with Crippen LogP contribution in [0.1, 0.15) is 16.8 Å². The number of fused-ring (bicyclic) bond motifs is 1. The van der Waals surface area contributed by atoms with Crippen LogP contribution in [0.3, 0.4) is 0 Å². The lowest BCUT2D eigenvalue weighted by Crippen LogP contribution is -2.03. The van der Waals surface area contributed by atoms with Gasteiger partial charge in [0, 0.05) is 5.56 Å². The second-order valence-electron chi connectivity index (χ2n) is 5.94. The topological polar surface area (TPSA) is 78.8 Å². The van der Waals surface area contributed by atoms with Gasteiger partial charge in [0.2, 0.25) is 5.95 Å². The molecule has 4 aromatic rings. The zero-order valence-electron chi connectivity index (χ0n) is 14.8. The van der Waals surface area contributed by atoms with E-state index < -0.39 is 0 Å². The molecule has 2 N–H and O–H groups in total. The molecule has 27 heavy (non-hydrogen) atoms. The Balaban J connectivity index is 1.70. The Morgan fingerprint density at radius 3 is 2.52 bits per heavy atom. The summed E-state index contributed by atoms with van der Waals surface area (Å²) in [6, 6.07) is 17.6. The van der Waals surface area contributed by atoms with Crippen molar-refractivity contribution in [2.24, 2.45) is 0 Å². The van der Waals surface area contributed by atoms with E-state index in [1.807, 2.05) is 47.0 Å². The van der Waals surface area contributed by atoms with Gasteiger partial charge in [0.1, 0.15) is 17.0 Å². The van der Waals surface area contributed by atoms with Crippen molar-refractivity contribution >= 4 is 17.1 Å². The lowest BCUT2D eigenvalue weighted by atomic mass is 10.2. The summed E-state index contributed by atoms with van der Waals surface area (Å²) in [6.07, 6.45) is 1.74. The Labute approximate surface area is 156 Å². The van der Waals surface area contributed by atoms with E-state index in [1.54, 1.807) is 13.4 Å². The van der Waals surface area contributed by atoms with Crippen LogP contribution in [0.2, 0.25) is 0 Å². The van der Waals surface area contributed by atoms with Crippen molar-refractivity contribution in [3.05, 3.63) is 77.7 Å². The number of nitrogens with two attached hydrogens (primary N) is 1. The molecule has 0 saturated heterocycles. The quantitative estimate of drug-likeness (QED) is 0.572. The van der Waals surface area contributed by atoms with E-state index in [9.17, 15) is 0 Å². The van der Waals surface area contributed by atoms with Gasteiger partial charge >= 0.3 is 0 Å². The molecular formula is C21H17N5O. The van der Waals surface area contributed by atoms with Gasteiger partial charge in [-0.15, -0.1) is 0 Å². The van der Waals surface area contributed by atoms with Gasteiger partial charge in [0.05, 0.1) is 20.0 Å². The Hall–Kier alpha value is -3.85.